The zero-order valence-electron chi connectivity index (χ0n) is 15.1. The van der Waals surface area contributed by atoms with Gasteiger partial charge in [0.25, 0.3) is 0 Å². The Morgan fingerprint density at radius 3 is 2.46 bits per heavy atom. The molecule has 1 N–H and O–H groups in total. The summed E-state index contributed by atoms with van der Waals surface area (Å²) in [6.45, 7) is 10.5. The van der Waals surface area contributed by atoms with Crippen molar-refractivity contribution in [3.8, 4) is 17.0 Å². The maximum atomic E-state index is 5.54. The van der Waals surface area contributed by atoms with E-state index in [0.29, 0.717) is 5.78 Å². The Morgan fingerprint density at radius 2 is 1.79 bits per heavy atom. The molecule has 0 amide bonds. The fourth-order valence-electron chi connectivity index (χ4n) is 2.87. The lowest BCUT2D eigenvalue weighted by atomic mass is 10.1. The fraction of sp³-hybridized carbons (Fsp3) is 0.368. The molecule has 0 spiro atoms. The van der Waals surface area contributed by atoms with E-state index >= 15 is 0 Å². The van der Waals surface area contributed by atoms with E-state index in [-0.39, 0.29) is 5.54 Å². The fourth-order valence-corrected chi connectivity index (χ4v) is 2.87. The van der Waals surface area contributed by atoms with Crippen molar-refractivity contribution >= 4 is 11.6 Å². The first-order valence-electron chi connectivity index (χ1n) is 8.08. The first kappa shape index (κ1) is 16.3. The van der Waals surface area contributed by atoms with E-state index in [0.717, 1.165) is 34.2 Å². The van der Waals surface area contributed by atoms with E-state index in [2.05, 4.69) is 48.5 Å². The van der Waals surface area contributed by atoms with Crippen LogP contribution in [0.3, 0.4) is 0 Å². The Balaban J connectivity index is 2.34. The van der Waals surface area contributed by atoms with Gasteiger partial charge in [0.15, 0.2) is 0 Å². The van der Waals surface area contributed by atoms with Gasteiger partial charge < -0.3 is 10.1 Å². The lowest BCUT2D eigenvalue weighted by Gasteiger charge is -2.23. The van der Waals surface area contributed by atoms with Crippen molar-refractivity contribution in [1.29, 1.82) is 0 Å². The largest absolute Gasteiger partial charge is 0.496 e. The molecule has 0 fully saturated rings. The van der Waals surface area contributed by atoms with Crippen molar-refractivity contribution < 1.29 is 4.74 Å². The van der Waals surface area contributed by atoms with Crippen LogP contribution in [0.2, 0.25) is 0 Å². The van der Waals surface area contributed by atoms with Gasteiger partial charge in [0.05, 0.1) is 7.11 Å². The average molecular weight is 324 g/mol. The number of rotatable bonds is 3. The molecule has 0 saturated carbocycles. The highest BCUT2D eigenvalue weighted by atomic mass is 16.5. The molecule has 3 aromatic rings. The van der Waals surface area contributed by atoms with E-state index in [4.69, 9.17) is 9.72 Å². The van der Waals surface area contributed by atoms with Crippen LogP contribution in [-0.2, 0) is 0 Å². The molecule has 126 valence electrons. The predicted octanol–water partition coefficient (Wildman–Crippen LogP) is 4.23. The van der Waals surface area contributed by atoms with E-state index in [9.17, 15) is 0 Å². The molecule has 0 radical (unpaired) electrons. The molecule has 5 heteroatoms. The van der Waals surface area contributed by atoms with Crippen molar-refractivity contribution in [1.82, 2.24) is 14.4 Å². The Kier molecular flexibility index (Phi) is 3.95. The van der Waals surface area contributed by atoms with E-state index in [1.54, 1.807) is 7.11 Å². The standard InChI is InChI=1S/C19H24N4O/c1-12-11-13(2)23-17(22-19(3,4)5)16(21-18(23)20-12)14-9-7-8-10-15(14)24-6/h7-11,22H,1-6H3. The van der Waals surface area contributed by atoms with E-state index in [1.807, 2.05) is 31.2 Å². The number of aromatic nitrogens is 3. The third-order valence-electron chi connectivity index (χ3n) is 3.76. The van der Waals surface area contributed by atoms with Crippen LogP contribution in [0.15, 0.2) is 30.3 Å². The van der Waals surface area contributed by atoms with Gasteiger partial charge in [-0.3, -0.25) is 4.40 Å². The quantitative estimate of drug-likeness (QED) is 0.783. The summed E-state index contributed by atoms with van der Waals surface area (Å²) >= 11 is 0. The number of hydrogen-bond donors (Lipinski definition) is 1. The minimum absolute atomic E-state index is 0.107. The number of nitrogens with one attached hydrogen (secondary N) is 1. The third kappa shape index (κ3) is 2.94. The molecule has 3 rings (SSSR count). The lowest BCUT2D eigenvalue weighted by molar-refractivity contribution is 0.416. The molecule has 2 aromatic heterocycles. The van der Waals surface area contributed by atoms with Crippen LogP contribution in [0.1, 0.15) is 32.2 Å². The smallest absolute Gasteiger partial charge is 0.236 e. The van der Waals surface area contributed by atoms with Gasteiger partial charge in [0, 0.05) is 22.5 Å². The highest BCUT2D eigenvalue weighted by Gasteiger charge is 2.22. The van der Waals surface area contributed by atoms with E-state index < -0.39 is 0 Å². The van der Waals surface area contributed by atoms with Crippen molar-refractivity contribution in [3.05, 3.63) is 41.7 Å². The van der Waals surface area contributed by atoms with Crippen LogP contribution in [-0.4, -0.2) is 27.0 Å². The number of ether oxygens (including phenoxy) is 1. The number of nitrogens with zero attached hydrogens (tertiary/aromatic N) is 3. The highest BCUT2D eigenvalue weighted by molar-refractivity contribution is 5.80. The summed E-state index contributed by atoms with van der Waals surface area (Å²) in [5.74, 6) is 2.43. The maximum absolute atomic E-state index is 5.54. The zero-order chi connectivity index (χ0) is 17.5. The van der Waals surface area contributed by atoms with Gasteiger partial charge in [0.1, 0.15) is 17.3 Å². The topological polar surface area (TPSA) is 51.5 Å². The van der Waals surface area contributed by atoms with Crippen molar-refractivity contribution in [2.75, 3.05) is 12.4 Å². The minimum atomic E-state index is -0.107. The summed E-state index contributed by atoms with van der Waals surface area (Å²) in [6.07, 6.45) is 0. The van der Waals surface area contributed by atoms with Gasteiger partial charge in [0.2, 0.25) is 5.78 Å². The van der Waals surface area contributed by atoms with Crippen molar-refractivity contribution in [2.45, 2.75) is 40.2 Å². The van der Waals surface area contributed by atoms with Gasteiger partial charge in [-0.15, -0.1) is 0 Å². The second-order valence-corrected chi connectivity index (χ2v) is 7.06. The second kappa shape index (κ2) is 5.82. The Bertz CT molecular complexity index is 890. The number of benzene rings is 1. The van der Waals surface area contributed by atoms with Gasteiger partial charge in [-0.1, -0.05) is 12.1 Å². The number of anilines is 1. The number of para-hydroxylation sites is 1. The Hall–Kier alpha value is -2.56. The van der Waals surface area contributed by atoms with Crippen LogP contribution in [0.25, 0.3) is 17.0 Å². The monoisotopic (exact) mass is 324 g/mol. The molecular weight excluding hydrogens is 300 g/mol. The SMILES string of the molecule is COc1ccccc1-c1nc2nc(C)cc(C)n2c1NC(C)(C)C. The molecule has 0 aliphatic heterocycles. The Morgan fingerprint density at radius 1 is 1.08 bits per heavy atom. The van der Waals surface area contributed by atoms with Gasteiger partial charge in [-0.25, -0.2) is 9.97 Å². The number of fused-ring (bicyclic) bond motifs is 1. The van der Waals surface area contributed by atoms with Crippen LogP contribution in [0.5, 0.6) is 5.75 Å². The summed E-state index contributed by atoms with van der Waals surface area (Å²) in [5, 5.41) is 3.59. The van der Waals surface area contributed by atoms with Gasteiger partial charge in [-0.05, 0) is 52.8 Å². The van der Waals surface area contributed by atoms with Crippen LogP contribution in [0, 0.1) is 13.8 Å². The maximum Gasteiger partial charge on any atom is 0.236 e. The van der Waals surface area contributed by atoms with Crippen LogP contribution in [0.4, 0.5) is 5.82 Å². The predicted molar refractivity (Wildman–Crippen MR) is 97.8 cm³/mol. The third-order valence-corrected chi connectivity index (χ3v) is 3.76. The van der Waals surface area contributed by atoms with Crippen molar-refractivity contribution in [3.63, 3.8) is 0 Å². The molecule has 0 atom stereocenters. The molecule has 0 aliphatic carbocycles. The van der Waals surface area contributed by atoms with Crippen LogP contribution < -0.4 is 10.1 Å². The first-order valence-corrected chi connectivity index (χ1v) is 8.08. The molecule has 5 nitrogen and oxygen atoms in total. The molecule has 1 aromatic carbocycles. The number of aryl methyl sites for hydroxylation is 2. The van der Waals surface area contributed by atoms with Crippen LogP contribution >= 0.6 is 0 Å². The highest BCUT2D eigenvalue weighted by Crippen LogP contribution is 2.36. The van der Waals surface area contributed by atoms with Gasteiger partial charge in [-0.2, -0.15) is 0 Å². The van der Waals surface area contributed by atoms with E-state index in [1.165, 1.54) is 0 Å². The van der Waals surface area contributed by atoms with Gasteiger partial charge >= 0.3 is 0 Å². The summed E-state index contributed by atoms with van der Waals surface area (Å²) < 4.78 is 7.61. The normalized spacial score (nSPS) is 11.8. The molecular formula is C19H24N4O. The number of methoxy groups -OCH3 is 1. The Labute approximate surface area is 142 Å². The number of hydrogen-bond acceptors (Lipinski definition) is 4. The summed E-state index contributed by atoms with van der Waals surface area (Å²) in [4.78, 5) is 9.41. The zero-order valence-corrected chi connectivity index (χ0v) is 15.1. The summed E-state index contributed by atoms with van der Waals surface area (Å²) in [6, 6.07) is 9.99. The molecule has 0 aliphatic rings. The lowest BCUT2D eigenvalue weighted by Crippen LogP contribution is -2.27. The molecule has 0 unspecified atom stereocenters. The molecule has 0 saturated heterocycles. The number of imidazole rings is 1. The average Bonchev–Trinajstić information content (AvgIpc) is 2.83. The molecule has 24 heavy (non-hydrogen) atoms. The van der Waals surface area contributed by atoms with Crippen molar-refractivity contribution in [2.24, 2.45) is 0 Å². The summed E-state index contributed by atoms with van der Waals surface area (Å²) in [7, 11) is 1.68. The second-order valence-electron chi connectivity index (χ2n) is 7.06. The summed E-state index contributed by atoms with van der Waals surface area (Å²) in [5.41, 5.74) is 3.75. The minimum Gasteiger partial charge on any atom is -0.496 e. The molecule has 0 bridgehead atoms. The first-order chi connectivity index (χ1) is 11.3. The molecule has 2 heterocycles.